The Hall–Kier alpha value is -3.93. The van der Waals surface area contributed by atoms with Gasteiger partial charge in [0.15, 0.2) is 6.10 Å². The molecular formula is C25H26ClN7O4. The van der Waals surface area contributed by atoms with Crippen LogP contribution in [0, 0.1) is 0 Å². The lowest BCUT2D eigenvalue weighted by atomic mass is 10.2. The lowest BCUT2D eigenvalue weighted by Gasteiger charge is -2.37. The van der Waals surface area contributed by atoms with E-state index in [4.69, 9.17) is 21.4 Å². The monoisotopic (exact) mass is 523 g/mol. The van der Waals surface area contributed by atoms with E-state index in [0.717, 1.165) is 17.0 Å². The van der Waals surface area contributed by atoms with Gasteiger partial charge in [-0.1, -0.05) is 17.7 Å². The SMILES string of the molecule is COc1cc(N2CCN(C(=O)[C@@H](O)CO)CC2)ccc1Nc1ncc(Cl)c(-c2cnc3ccccn23)n1. The van der Waals surface area contributed by atoms with E-state index in [2.05, 4.69) is 25.2 Å². The molecule has 11 nitrogen and oxygen atoms in total. The van der Waals surface area contributed by atoms with Gasteiger partial charge >= 0.3 is 0 Å². The molecule has 5 rings (SSSR count). The predicted octanol–water partition coefficient (Wildman–Crippen LogP) is 2.20. The fraction of sp³-hybridized carbons (Fsp3) is 0.280. The van der Waals surface area contributed by atoms with Crippen LogP contribution < -0.4 is 15.0 Å². The Morgan fingerprint density at radius 3 is 2.73 bits per heavy atom. The number of rotatable bonds is 7. The van der Waals surface area contributed by atoms with Crippen LogP contribution in [0.2, 0.25) is 5.02 Å². The fourth-order valence-corrected chi connectivity index (χ4v) is 4.48. The smallest absolute Gasteiger partial charge is 0.253 e. The summed E-state index contributed by atoms with van der Waals surface area (Å²) in [6.07, 6.45) is 3.79. The van der Waals surface area contributed by atoms with Crippen LogP contribution in [0.25, 0.3) is 17.0 Å². The molecule has 1 atom stereocenters. The lowest BCUT2D eigenvalue weighted by molar-refractivity contribution is -0.142. The van der Waals surface area contributed by atoms with Gasteiger partial charge in [-0.25, -0.2) is 15.0 Å². The summed E-state index contributed by atoms with van der Waals surface area (Å²) in [4.78, 5) is 29.2. The number of carbonyl (C=O) groups excluding carboxylic acids is 1. The molecule has 0 radical (unpaired) electrons. The summed E-state index contributed by atoms with van der Waals surface area (Å²) < 4.78 is 7.54. The maximum absolute atomic E-state index is 12.1. The molecule has 1 saturated heterocycles. The average Bonchev–Trinajstić information content (AvgIpc) is 3.37. The minimum absolute atomic E-state index is 0.353. The number of fused-ring (bicyclic) bond motifs is 1. The number of hydrogen-bond acceptors (Lipinski definition) is 9. The molecule has 3 N–H and O–H groups in total. The molecule has 0 bridgehead atoms. The minimum Gasteiger partial charge on any atom is -0.494 e. The number of piperazine rings is 1. The van der Waals surface area contributed by atoms with Crippen molar-refractivity contribution in [2.75, 3.05) is 50.1 Å². The number of halogens is 1. The lowest BCUT2D eigenvalue weighted by Crippen LogP contribution is -2.52. The summed E-state index contributed by atoms with van der Waals surface area (Å²) in [7, 11) is 1.59. The van der Waals surface area contributed by atoms with Gasteiger partial charge in [0.2, 0.25) is 5.95 Å². The van der Waals surface area contributed by atoms with Gasteiger partial charge in [-0.3, -0.25) is 9.20 Å². The second kappa shape index (κ2) is 10.6. The number of methoxy groups -OCH3 is 1. The number of aromatic nitrogens is 4. The zero-order valence-corrected chi connectivity index (χ0v) is 20.8. The van der Waals surface area contributed by atoms with Crippen LogP contribution >= 0.6 is 11.6 Å². The van der Waals surface area contributed by atoms with E-state index in [0.29, 0.717) is 54.3 Å². The molecule has 1 aliphatic rings. The summed E-state index contributed by atoms with van der Waals surface area (Å²) in [6, 6.07) is 11.5. The second-order valence-corrected chi connectivity index (χ2v) is 8.89. The van der Waals surface area contributed by atoms with Gasteiger partial charge < -0.3 is 30.1 Å². The first-order chi connectivity index (χ1) is 18.0. The second-order valence-electron chi connectivity index (χ2n) is 8.48. The van der Waals surface area contributed by atoms with E-state index >= 15 is 0 Å². The van der Waals surface area contributed by atoms with E-state index in [9.17, 15) is 9.90 Å². The number of imidazole rings is 1. The highest BCUT2D eigenvalue weighted by molar-refractivity contribution is 6.32. The zero-order valence-electron chi connectivity index (χ0n) is 20.1. The highest BCUT2D eigenvalue weighted by atomic mass is 35.5. The molecule has 4 aromatic rings. The van der Waals surface area contributed by atoms with Crippen LogP contribution in [-0.4, -0.2) is 86.4 Å². The number of benzene rings is 1. The van der Waals surface area contributed by atoms with Crippen molar-refractivity contribution in [3.63, 3.8) is 0 Å². The first-order valence-electron chi connectivity index (χ1n) is 11.7. The number of aliphatic hydroxyl groups excluding tert-OH is 2. The summed E-state index contributed by atoms with van der Waals surface area (Å²) in [5, 5.41) is 22.3. The highest BCUT2D eigenvalue weighted by Crippen LogP contribution is 2.33. The van der Waals surface area contributed by atoms with E-state index < -0.39 is 18.6 Å². The predicted molar refractivity (Wildman–Crippen MR) is 139 cm³/mol. The molecule has 1 aromatic carbocycles. The number of ether oxygens (including phenoxy) is 1. The molecule has 1 fully saturated rings. The molecule has 0 spiro atoms. The Morgan fingerprint density at radius 2 is 1.97 bits per heavy atom. The van der Waals surface area contributed by atoms with E-state index in [1.165, 1.54) is 0 Å². The van der Waals surface area contributed by atoms with E-state index in [-0.39, 0.29) is 0 Å². The third-order valence-electron chi connectivity index (χ3n) is 6.25. The third kappa shape index (κ3) is 5.01. The van der Waals surface area contributed by atoms with Crippen molar-refractivity contribution in [3.8, 4) is 17.1 Å². The Balaban J connectivity index is 1.33. The summed E-state index contributed by atoms with van der Waals surface area (Å²) in [5.74, 6) is 0.498. The largest absolute Gasteiger partial charge is 0.494 e. The number of hydrogen-bond donors (Lipinski definition) is 3. The number of carbonyl (C=O) groups is 1. The van der Waals surface area contributed by atoms with Crippen molar-refractivity contribution in [1.29, 1.82) is 0 Å². The maximum atomic E-state index is 12.1. The Bertz CT molecular complexity index is 1420. The molecule has 0 saturated carbocycles. The van der Waals surface area contributed by atoms with E-state index in [1.807, 2.05) is 47.0 Å². The van der Waals surface area contributed by atoms with Crippen molar-refractivity contribution in [1.82, 2.24) is 24.3 Å². The molecule has 4 heterocycles. The Labute approximate surface area is 217 Å². The van der Waals surface area contributed by atoms with Crippen LogP contribution in [0.15, 0.2) is 55.0 Å². The number of nitrogens with zero attached hydrogens (tertiary/aromatic N) is 6. The average molecular weight is 524 g/mol. The number of pyridine rings is 1. The molecule has 3 aromatic heterocycles. The van der Waals surface area contributed by atoms with Crippen LogP contribution in [-0.2, 0) is 4.79 Å². The third-order valence-corrected chi connectivity index (χ3v) is 6.53. The molecule has 37 heavy (non-hydrogen) atoms. The van der Waals surface area contributed by atoms with Crippen molar-refractivity contribution >= 4 is 40.5 Å². The molecule has 0 aliphatic carbocycles. The van der Waals surface area contributed by atoms with Gasteiger partial charge in [-0.2, -0.15) is 0 Å². The van der Waals surface area contributed by atoms with Gasteiger partial charge in [-0.05, 0) is 24.3 Å². The quantitative estimate of drug-likeness (QED) is 0.334. The van der Waals surface area contributed by atoms with Crippen LogP contribution in [0.5, 0.6) is 5.75 Å². The summed E-state index contributed by atoms with van der Waals surface area (Å²) in [6.45, 7) is 1.49. The number of nitrogens with one attached hydrogen (secondary N) is 1. The Kier molecular flexibility index (Phi) is 7.08. The number of amides is 1. The topological polar surface area (TPSA) is 128 Å². The van der Waals surface area contributed by atoms with Crippen molar-refractivity contribution in [2.24, 2.45) is 0 Å². The van der Waals surface area contributed by atoms with Gasteiger partial charge in [-0.15, -0.1) is 0 Å². The number of aliphatic hydroxyl groups is 2. The Morgan fingerprint density at radius 1 is 1.16 bits per heavy atom. The van der Waals surface area contributed by atoms with Gasteiger partial charge in [0.25, 0.3) is 5.91 Å². The highest BCUT2D eigenvalue weighted by Gasteiger charge is 2.26. The zero-order chi connectivity index (χ0) is 25.9. The van der Waals surface area contributed by atoms with Crippen molar-refractivity contribution < 1.29 is 19.7 Å². The van der Waals surface area contributed by atoms with Crippen LogP contribution in [0.3, 0.4) is 0 Å². The molecule has 192 valence electrons. The standard InChI is InChI=1S/C25H26ClN7O4/c1-37-21-12-16(31-8-10-32(11-9-31)24(36)20(35)15-34)5-6-18(21)29-25-28-13-17(26)23(30-25)19-14-27-22-4-2-3-7-33(19)22/h2-7,12-14,20,34-35H,8-11,15H2,1H3,(H,28,29,30)/t20-/m0/s1. The van der Waals surface area contributed by atoms with Crippen molar-refractivity contribution in [3.05, 3.63) is 60.0 Å². The van der Waals surface area contributed by atoms with Crippen molar-refractivity contribution in [2.45, 2.75) is 6.10 Å². The summed E-state index contributed by atoms with van der Waals surface area (Å²) in [5.41, 5.74) is 3.69. The number of anilines is 3. The molecule has 12 heteroatoms. The van der Waals surface area contributed by atoms with Gasteiger partial charge in [0.1, 0.15) is 17.1 Å². The maximum Gasteiger partial charge on any atom is 0.253 e. The van der Waals surface area contributed by atoms with Gasteiger partial charge in [0, 0.05) is 44.1 Å². The van der Waals surface area contributed by atoms with E-state index in [1.54, 1.807) is 24.4 Å². The minimum atomic E-state index is -1.37. The molecule has 1 amide bonds. The fourth-order valence-electron chi connectivity index (χ4n) is 4.29. The van der Waals surface area contributed by atoms with Crippen LogP contribution in [0.1, 0.15) is 0 Å². The molecule has 0 unspecified atom stereocenters. The first-order valence-corrected chi connectivity index (χ1v) is 12.1. The van der Waals surface area contributed by atoms with Gasteiger partial charge in [0.05, 0.1) is 42.5 Å². The van der Waals surface area contributed by atoms with Crippen LogP contribution in [0.4, 0.5) is 17.3 Å². The molecular weight excluding hydrogens is 498 g/mol. The first kappa shape index (κ1) is 24.8. The summed E-state index contributed by atoms with van der Waals surface area (Å²) >= 11 is 6.44. The molecule has 1 aliphatic heterocycles. The normalized spacial score (nSPS) is 14.6.